The van der Waals surface area contributed by atoms with Crippen LogP contribution in [0.1, 0.15) is 20.3 Å². The summed E-state index contributed by atoms with van der Waals surface area (Å²) in [4.78, 5) is 35.0. The zero-order valence-corrected chi connectivity index (χ0v) is 10.5. The predicted molar refractivity (Wildman–Crippen MR) is 63.7 cm³/mol. The summed E-state index contributed by atoms with van der Waals surface area (Å²) in [5.41, 5.74) is 5.16. The second-order valence-corrected chi connectivity index (χ2v) is 4.87. The first-order chi connectivity index (χ1) is 8.31. The first kappa shape index (κ1) is 14.3. The van der Waals surface area contributed by atoms with Gasteiger partial charge in [-0.2, -0.15) is 0 Å². The van der Waals surface area contributed by atoms with Crippen molar-refractivity contribution in [2.75, 3.05) is 13.1 Å². The predicted octanol–water partition coefficient (Wildman–Crippen LogP) is -0.388. The van der Waals surface area contributed by atoms with Gasteiger partial charge in [0.05, 0.1) is 5.92 Å². The molecular weight excluding hydrogens is 238 g/mol. The van der Waals surface area contributed by atoms with Crippen LogP contribution in [-0.2, 0) is 9.59 Å². The maximum atomic E-state index is 11.6. The van der Waals surface area contributed by atoms with E-state index in [9.17, 15) is 14.4 Å². The number of hydrogen-bond acceptors (Lipinski definition) is 3. The van der Waals surface area contributed by atoms with Crippen LogP contribution in [0.2, 0.25) is 0 Å². The number of nitrogens with two attached hydrogens (primary N) is 1. The van der Waals surface area contributed by atoms with Gasteiger partial charge in [0, 0.05) is 25.0 Å². The Hall–Kier alpha value is -1.79. The molecule has 7 heteroatoms. The average molecular weight is 257 g/mol. The van der Waals surface area contributed by atoms with Gasteiger partial charge in [-0.1, -0.05) is 13.8 Å². The molecule has 0 aliphatic carbocycles. The molecule has 1 rings (SSSR count). The van der Waals surface area contributed by atoms with Crippen LogP contribution >= 0.6 is 0 Å². The summed E-state index contributed by atoms with van der Waals surface area (Å²) >= 11 is 0. The van der Waals surface area contributed by atoms with Gasteiger partial charge in [-0.25, -0.2) is 4.79 Å². The molecule has 0 saturated carbocycles. The van der Waals surface area contributed by atoms with E-state index in [1.807, 2.05) is 0 Å². The van der Waals surface area contributed by atoms with E-state index in [1.54, 1.807) is 13.8 Å². The summed E-state index contributed by atoms with van der Waals surface area (Å²) in [6.07, 6.45) is 0.317. The van der Waals surface area contributed by atoms with Crippen LogP contribution < -0.4 is 11.1 Å². The Morgan fingerprint density at radius 2 is 1.94 bits per heavy atom. The lowest BCUT2D eigenvalue weighted by Crippen LogP contribution is -2.55. The fourth-order valence-corrected chi connectivity index (χ4v) is 1.93. The van der Waals surface area contributed by atoms with Crippen LogP contribution in [0, 0.1) is 11.8 Å². The van der Waals surface area contributed by atoms with Crippen molar-refractivity contribution >= 4 is 17.9 Å². The molecule has 1 heterocycles. The van der Waals surface area contributed by atoms with Crippen LogP contribution in [0.5, 0.6) is 0 Å². The van der Waals surface area contributed by atoms with E-state index in [2.05, 4.69) is 5.32 Å². The van der Waals surface area contributed by atoms with Crippen LogP contribution in [-0.4, -0.2) is 47.0 Å². The third-order valence-electron chi connectivity index (χ3n) is 2.98. The first-order valence-electron chi connectivity index (χ1n) is 5.88. The number of carbonyl (C=O) groups excluding carboxylic acids is 2. The van der Waals surface area contributed by atoms with Crippen LogP contribution in [0.15, 0.2) is 0 Å². The van der Waals surface area contributed by atoms with Gasteiger partial charge in [-0.15, -0.1) is 0 Å². The number of nitrogens with one attached hydrogen (secondary N) is 1. The van der Waals surface area contributed by atoms with Crippen molar-refractivity contribution in [3.63, 3.8) is 0 Å². The number of carbonyl (C=O) groups is 3. The molecule has 0 spiro atoms. The van der Waals surface area contributed by atoms with Crippen molar-refractivity contribution in [2.24, 2.45) is 17.6 Å². The van der Waals surface area contributed by atoms with Crippen molar-refractivity contribution in [1.82, 2.24) is 10.2 Å². The van der Waals surface area contributed by atoms with E-state index in [1.165, 1.54) is 4.90 Å². The highest BCUT2D eigenvalue weighted by Gasteiger charge is 2.33. The summed E-state index contributed by atoms with van der Waals surface area (Å²) in [5, 5.41) is 11.7. The van der Waals surface area contributed by atoms with Gasteiger partial charge in [0.2, 0.25) is 5.91 Å². The van der Waals surface area contributed by atoms with Gasteiger partial charge in [0.25, 0.3) is 0 Å². The van der Waals surface area contributed by atoms with Gasteiger partial charge in [0.15, 0.2) is 0 Å². The van der Waals surface area contributed by atoms with E-state index in [4.69, 9.17) is 10.8 Å². The van der Waals surface area contributed by atoms with Crippen molar-refractivity contribution in [3.05, 3.63) is 0 Å². The summed E-state index contributed by atoms with van der Waals surface area (Å²) in [6.45, 7) is 3.85. The number of likely N-dealkylation sites (tertiary alicyclic amines) is 1. The Morgan fingerprint density at radius 1 is 1.33 bits per heavy atom. The molecule has 3 amide bonds. The largest absolute Gasteiger partial charge is 0.481 e. The highest BCUT2D eigenvalue weighted by atomic mass is 16.4. The monoisotopic (exact) mass is 257 g/mol. The minimum atomic E-state index is -0.982. The topological polar surface area (TPSA) is 113 Å². The minimum Gasteiger partial charge on any atom is -0.481 e. The number of nitrogens with zero attached hydrogens (tertiary/aromatic N) is 1. The number of aliphatic carboxylic acids is 1. The normalized spacial score (nSPS) is 23.8. The third kappa shape index (κ3) is 3.61. The molecule has 4 N–H and O–H groups in total. The molecule has 102 valence electrons. The van der Waals surface area contributed by atoms with E-state index in [0.717, 1.165) is 0 Å². The zero-order chi connectivity index (χ0) is 13.9. The smallest absolute Gasteiger partial charge is 0.314 e. The second kappa shape index (κ2) is 5.70. The molecule has 18 heavy (non-hydrogen) atoms. The molecule has 0 aromatic heterocycles. The molecule has 2 unspecified atom stereocenters. The van der Waals surface area contributed by atoms with E-state index in [0.29, 0.717) is 6.42 Å². The number of hydrogen-bond donors (Lipinski definition) is 3. The summed E-state index contributed by atoms with van der Waals surface area (Å²) in [5.74, 6) is -2.01. The van der Waals surface area contributed by atoms with Crippen molar-refractivity contribution in [1.29, 1.82) is 0 Å². The van der Waals surface area contributed by atoms with Gasteiger partial charge >= 0.3 is 12.0 Å². The molecule has 1 saturated heterocycles. The molecule has 1 aliphatic heterocycles. The number of amides is 3. The molecular formula is C11H19N3O4. The molecule has 2 atom stereocenters. The Morgan fingerprint density at radius 3 is 2.39 bits per heavy atom. The van der Waals surface area contributed by atoms with Gasteiger partial charge < -0.3 is 21.1 Å². The van der Waals surface area contributed by atoms with E-state index in [-0.39, 0.29) is 31.0 Å². The van der Waals surface area contributed by atoms with Crippen LogP contribution in [0.4, 0.5) is 4.79 Å². The summed E-state index contributed by atoms with van der Waals surface area (Å²) in [7, 11) is 0. The summed E-state index contributed by atoms with van der Waals surface area (Å²) < 4.78 is 0. The van der Waals surface area contributed by atoms with Crippen molar-refractivity contribution < 1.29 is 19.5 Å². The van der Waals surface area contributed by atoms with Crippen molar-refractivity contribution in [3.8, 4) is 0 Å². The Labute approximate surface area is 105 Å². The lowest BCUT2D eigenvalue weighted by molar-refractivity contribution is -0.144. The zero-order valence-electron chi connectivity index (χ0n) is 10.5. The Kier molecular flexibility index (Phi) is 4.52. The molecule has 1 aliphatic rings. The lowest BCUT2D eigenvalue weighted by atomic mass is 9.94. The average Bonchev–Trinajstić information content (AvgIpc) is 2.28. The standard InChI is InChI=1S/C11H19N3O4/c1-6(2)9(15)13-8-3-7(10(16)17)4-14(5-8)11(12)18/h6-8H,3-5H2,1-2H3,(H2,12,18)(H,13,15)(H,16,17). The lowest BCUT2D eigenvalue weighted by Gasteiger charge is -2.35. The molecule has 0 aromatic carbocycles. The molecule has 7 nitrogen and oxygen atoms in total. The number of rotatable bonds is 3. The summed E-state index contributed by atoms with van der Waals surface area (Å²) in [6, 6.07) is -1.02. The number of carboxylic acid groups (broad SMARTS) is 1. The highest BCUT2D eigenvalue weighted by Crippen LogP contribution is 2.17. The SMILES string of the molecule is CC(C)C(=O)NC1CC(C(=O)O)CN(C(N)=O)C1. The van der Waals surface area contributed by atoms with Gasteiger partial charge in [0.1, 0.15) is 0 Å². The van der Waals surface area contributed by atoms with E-state index >= 15 is 0 Å². The Balaban J connectivity index is 2.70. The number of piperidine rings is 1. The number of urea groups is 1. The molecule has 0 bridgehead atoms. The van der Waals surface area contributed by atoms with Gasteiger partial charge in [-0.3, -0.25) is 9.59 Å². The maximum Gasteiger partial charge on any atom is 0.314 e. The quantitative estimate of drug-likeness (QED) is 0.639. The third-order valence-corrected chi connectivity index (χ3v) is 2.98. The number of carboxylic acids is 1. The second-order valence-electron chi connectivity index (χ2n) is 4.87. The minimum absolute atomic E-state index is 0.0959. The number of primary amides is 1. The molecule has 0 aromatic rings. The molecule has 1 fully saturated rings. The van der Waals surface area contributed by atoms with Gasteiger partial charge in [-0.05, 0) is 6.42 Å². The Bertz CT molecular complexity index is 334. The van der Waals surface area contributed by atoms with Crippen molar-refractivity contribution in [2.45, 2.75) is 26.3 Å². The molecule has 0 radical (unpaired) electrons. The van der Waals surface area contributed by atoms with Crippen LogP contribution in [0.25, 0.3) is 0 Å². The van der Waals surface area contributed by atoms with E-state index < -0.39 is 17.9 Å². The fraction of sp³-hybridized carbons (Fsp3) is 0.727. The highest BCUT2D eigenvalue weighted by molar-refractivity contribution is 5.79. The fourth-order valence-electron chi connectivity index (χ4n) is 1.93. The maximum absolute atomic E-state index is 11.6. The first-order valence-corrected chi connectivity index (χ1v) is 5.88. The van der Waals surface area contributed by atoms with Crippen LogP contribution in [0.3, 0.4) is 0 Å².